The third-order valence-electron chi connectivity index (χ3n) is 4.40. The predicted molar refractivity (Wildman–Crippen MR) is 108 cm³/mol. The minimum Gasteiger partial charge on any atom is -0.508 e. The van der Waals surface area contributed by atoms with Crippen molar-refractivity contribution in [3.8, 4) is 5.75 Å². The Bertz CT molecular complexity index is 989. The van der Waals surface area contributed by atoms with Gasteiger partial charge in [-0.05, 0) is 54.1 Å². The Hall–Kier alpha value is -3.33. The molecule has 0 spiro atoms. The van der Waals surface area contributed by atoms with Crippen molar-refractivity contribution in [2.75, 3.05) is 10.2 Å². The lowest BCUT2D eigenvalue weighted by molar-refractivity contribution is -0.121. The average Bonchev–Trinajstić information content (AvgIpc) is 2.96. The number of carbonyl (C=O) groups is 4. The largest absolute Gasteiger partial charge is 0.508 e. The number of rotatable bonds is 6. The van der Waals surface area contributed by atoms with Crippen molar-refractivity contribution in [2.45, 2.75) is 25.0 Å². The fraction of sp³-hybridized carbons (Fsp3) is 0.200. The highest BCUT2D eigenvalue weighted by Gasteiger charge is 2.41. The number of carboxylic acids is 1. The molecule has 3 rings (SSSR count). The number of nitrogens with one attached hydrogen (secondary N) is 1. The van der Waals surface area contributed by atoms with Crippen LogP contribution in [-0.4, -0.2) is 38.5 Å². The van der Waals surface area contributed by atoms with Gasteiger partial charge in [0, 0.05) is 6.42 Å². The molecule has 1 aliphatic heterocycles. The summed E-state index contributed by atoms with van der Waals surface area (Å²) in [5, 5.41) is 19.7. The van der Waals surface area contributed by atoms with Crippen LogP contribution >= 0.6 is 11.8 Å². The van der Waals surface area contributed by atoms with Gasteiger partial charge in [0.25, 0.3) is 5.24 Å². The zero-order valence-corrected chi connectivity index (χ0v) is 16.2. The highest BCUT2D eigenvalue weighted by atomic mass is 32.2. The lowest BCUT2D eigenvalue weighted by atomic mass is 10.1. The molecule has 0 saturated carbocycles. The average molecular weight is 414 g/mol. The maximum Gasteiger partial charge on any atom is 0.337 e. The van der Waals surface area contributed by atoms with Crippen LogP contribution in [0.15, 0.2) is 42.5 Å². The quantitative estimate of drug-likeness (QED) is 0.620. The van der Waals surface area contributed by atoms with E-state index in [1.54, 1.807) is 12.1 Å². The predicted octanol–water partition coefficient (Wildman–Crippen LogP) is 3.25. The van der Waals surface area contributed by atoms with Crippen molar-refractivity contribution in [3.05, 3.63) is 53.6 Å². The number of phenols is 1. The molecule has 9 heteroatoms. The Kier molecular flexibility index (Phi) is 5.88. The molecule has 0 radical (unpaired) electrons. The summed E-state index contributed by atoms with van der Waals surface area (Å²) in [5.41, 5.74) is 1.23. The monoisotopic (exact) mass is 414 g/mol. The molecule has 1 atom stereocenters. The van der Waals surface area contributed by atoms with E-state index in [0.29, 0.717) is 5.69 Å². The van der Waals surface area contributed by atoms with Gasteiger partial charge in [0.05, 0.1) is 16.9 Å². The first-order chi connectivity index (χ1) is 13.8. The van der Waals surface area contributed by atoms with E-state index >= 15 is 0 Å². The Morgan fingerprint density at radius 2 is 1.83 bits per heavy atom. The summed E-state index contributed by atoms with van der Waals surface area (Å²) in [7, 11) is 0. The molecule has 8 nitrogen and oxygen atoms in total. The number of carboxylic acid groups (broad SMARTS) is 1. The van der Waals surface area contributed by atoms with Gasteiger partial charge >= 0.3 is 5.97 Å². The number of imide groups is 1. The number of anilines is 2. The summed E-state index contributed by atoms with van der Waals surface area (Å²) in [6.45, 7) is 2.00. The van der Waals surface area contributed by atoms with Gasteiger partial charge in [0.2, 0.25) is 11.8 Å². The van der Waals surface area contributed by atoms with Gasteiger partial charge in [-0.2, -0.15) is 0 Å². The topological polar surface area (TPSA) is 124 Å². The van der Waals surface area contributed by atoms with E-state index in [1.807, 2.05) is 19.1 Å². The molecule has 3 N–H and O–H groups in total. The fourth-order valence-electron chi connectivity index (χ4n) is 2.89. The van der Waals surface area contributed by atoms with Crippen molar-refractivity contribution < 1.29 is 29.4 Å². The maximum atomic E-state index is 12.7. The third kappa shape index (κ3) is 4.40. The first-order valence-electron chi connectivity index (χ1n) is 8.79. The minimum atomic E-state index is -1.32. The van der Waals surface area contributed by atoms with Gasteiger partial charge in [-0.3, -0.25) is 14.4 Å². The number of aromatic carboxylic acids is 1. The van der Waals surface area contributed by atoms with Crippen LogP contribution < -0.4 is 10.2 Å². The summed E-state index contributed by atoms with van der Waals surface area (Å²) in [6, 6.07) is 10.5. The summed E-state index contributed by atoms with van der Waals surface area (Å²) < 4.78 is 0. The Balaban J connectivity index is 1.71. The van der Waals surface area contributed by atoms with Crippen LogP contribution in [0.2, 0.25) is 0 Å². The van der Waals surface area contributed by atoms with Gasteiger partial charge in [-0.25, -0.2) is 9.69 Å². The second kappa shape index (κ2) is 8.36. The van der Waals surface area contributed by atoms with Crippen LogP contribution in [-0.2, 0) is 16.0 Å². The molecule has 1 aliphatic rings. The minimum absolute atomic E-state index is 0.00548. The molecule has 2 aromatic rings. The van der Waals surface area contributed by atoms with Gasteiger partial charge in [-0.15, -0.1) is 0 Å². The highest BCUT2D eigenvalue weighted by Crippen LogP contribution is 2.34. The number of carbonyl (C=O) groups excluding carboxylic acids is 3. The van der Waals surface area contributed by atoms with E-state index in [-0.39, 0.29) is 23.4 Å². The van der Waals surface area contributed by atoms with Crippen LogP contribution in [0.3, 0.4) is 0 Å². The highest BCUT2D eigenvalue weighted by molar-refractivity contribution is 8.15. The number of amides is 3. The summed E-state index contributed by atoms with van der Waals surface area (Å²) >= 11 is 0.759. The number of thioether (sulfide) groups is 1. The van der Waals surface area contributed by atoms with E-state index in [1.165, 1.54) is 12.1 Å². The standard InChI is InChI=1S/C20H18N2O6S/c1-2-11-3-5-12(6-4-11)22-18(25)16(29-20(22)28)10-17(24)21-15-8-7-13(23)9-14(15)19(26)27/h3-9,16,23H,2,10H2,1H3,(H,21,24)(H,26,27). The fourth-order valence-corrected chi connectivity index (χ4v) is 3.87. The number of aryl methyl sites for hydroxylation is 1. The summed E-state index contributed by atoms with van der Waals surface area (Å²) in [6.07, 6.45) is 0.536. The molecular formula is C20H18N2O6S. The number of phenolic OH excluding ortho intramolecular Hbond substituents is 1. The normalized spacial score (nSPS) is 16.2. The van der Waals surface area contributed by atoms with E-state index < -0.39 is 28.3 Å². The van der Waals surface area contributed by atoms with E-state index in [0.717, 1.165) is 34.7 Å². The molecule has 0 bridgehead atoms. The van der Waals surface area contributed by atoms with Crippen molar-refractivity contribution in [3.63, 3.8) is 0 Å². The Morgan fingerprint density at radius 1 is 1.14 bits per heavy atom. The zero-order chi connectivity index (χ0) is 21.1. The maximum absolute atomic E-state index is 12.7. The molecule has 150 valence electrons. The first-order valence-corrected chi connectivity index (χ1v) is 9.67. The molecule has 1 heterocycles. The van der Waals surface area contributed by atoms with Crippen LogP contribution in [0.5, 0.6) is 5.75 Å². The lowest BCUT2D eigenvalue weighted by Crippen LogP contribution is -2.33. The van der Waals surface area contributed by atoms with Crippen LogP contribution in [0.25, 0.3) is 0 Å². The second-order valence-electron chi connectivity index (χ2n) is 6.35. The second-order valence-corrected chi connectivity index (χ2v) is 7.51. The van der Waals surface area contributed by atoms with Crippen LogP contribution in [0.4, 0.5) is 16.2 Å². The molecule has 29 heavy (non-hydrogen) atoms. The molecule has 1 fully saturated rings. The van der Waals surface area contributed by atoms with Crippen molar-refractivity contribution in [1.29, 1.82) is 0 Å². The smallest absolute Gasteiger partial charge is 0.337 e. The van der Waals surface area contributed by atoms with Crippen molar-refractivity contribution >= 4 is 46.2 Å². The van der Waals surface area contributed by atoms with Gasteiger partial charge in [-0.1, -0.05) is 19.1 Å². The van der Waals surface area contributed by atoms with Gasteiger partial charge < -0.3 is 15.5 Å². The lowest BCUT2D eigenvalue weighted by Gasteiger charge is -2.14. The molecule has 3 amide bonds. The van der Waals surface area contributed by atoms with E-state index in [2.05, 4.69) is 5.32 Å². The zero-order valence-electron chi connectivity index (χ0n) is 15.4. The third-order valence-corrected chi connectivity index (χ3v) is 5.44. The molecule has 0 aliphatic carbocycles. The van der Waals surface area contributed by atoms with Crippen molar-refractivity contribution in [1.82, 2.24) is 0 Å². The van der Waals surface area contributed by atoms with Gasteiger partial charge in [0.15, 0.2) is 0 Å². The van der Waals surface area contributed by atoms with Crippen molar-refractivity contribution in [2.24, 2.45) is 0 Å². The molecule has 2 aromatic carbocycles. The molecule has 0 aromatic heterocycles. The van der Waals surface area contributed by atoms with Gasteiger partial charge in [0.1, 0.15) is 11.0 Å². The summed E-state index contributed by atoms with van der Waals surface area (Å²) in [4.78, 5) is 49.6. The number of aromatic hydroxyl groups is 1. The van der Waals surface area contributed by atoms with Crippen LogP contribution in [0.1, 0.15) is 29.3 Å². The summed E-state index contributed by atoms with van der Waals surface area (Å²) in [5.74, 6) is -2.68. The molecule has 1 saturated heterocycles. The Morgan fingerprint density at radius 3 is 2.45 bits per heavy atom. The van der Waals surface area contributed by atoms with Crippen LogP contribution in [0, 0.1) is 0 Å². The molecule has 1 unspecified atom stereocenters. The first kappa shape index (κ1) is 20.4. The SMILES string of the molecule is CCc1ccc(N2C(=O)SC(CC(=O)Nc3ccc(O)cc3C(=O)O)C2=O)cc1. The number of hydrogen-bond acceptors (Lipinski definition) is 6. The van der Waals surface area contributed by atoms with E-state index in [9.17, 15) is 29.4 Å². The Labute approximate surface area is 170 Å². The number of hydrogen-bond donors (Lipinski definition) is 3. The van der Waals surface area contributed by atoms with E-state index in [4.69, 9.17) is 0 Å². The molecular weight excluding hydrogens is 396 g/mol. The number of nitrogens with zero attached hydrogens (tertiary/aromatic N) is 1. The number of benzene rings is 2.